The Bertz CT molecular complexity index is 920. The Kier molecular flexibility index (Phi) is 5.07. The predicted octanol–water partition coefficient (Wildman–Crippen LogP) is 3.62. The van der Waals surface area contributed by atoms with Crippen LogP contribution in [0, 0.1) is 0 Å². The first-order valence-electron chi connectivity index (χ1n) is 7.79. The van der Waals surface area contributed by atoms with E-state index in [0.717, 1.165) is 0 Å². The monoisotopic (exact) mass is 354 g/mol. The second kappa shape index (κ2) is 7.60. The van der Waals surface area contributed by atoms with Gasteiger partial charge in [0.2, 0.25) is 0 Å². The number of anilines is 1. The molecule has 0 saturated heterocycles. The molecule has 0 bridgehead atoms. The molecule has 0 aliphatic heterocycles. The van der Waals surface area contributed by atoms with E-state index >= 15 is 0 Å². The van der Waals surface area contributed by atoms with Gasteiger partial charge in [0.05, 0.1) is 32.6 Å². The van der Waals surface area contributed by atoms with Crippen molar-refractivity contribution in [3.8, 4) is 28.6 Å². The maximum absolute atomic E-state index is 12.5. The van der Waals surface area contributed by atoms with Crippen LogP contribution in [0.15, 0.2) is 53.1 Å². The predicted molar refractivity (Wildman–Crippen MR) is 96.0 cm³/mol. The minimum Gasteiger partial charge on any atom is -0.497 e. The lowest BCUT2D eigenvalue weighted by Gasteiger charge is -2.10. The van der Waals surface area contributed by atoms with Crippen LogP contribution in [0.3, 0.4) is 0 Å². The van der Waals surface area contributed by atoms with Crippen molar-refractivity contribution in [3.63, 3.8) is 0 Å². The number of para-hydroxylation sites is 1. The standard InChI is InChI=1S/C19H18N2O5/c1-23-12-8-9-14(18(10-12)25-3)20-19(22)15-11-17(26-21-15)13-6-4-5-7-16(13)24-2/h4-11H,1-3H3,(H,20,22). The maximum atomic E-state index is 12.5. The number of hydrogen-bond donors (Lipinski definition) is 1. The van der Waals surface area contributed by atoms with Crippen LogP contribution in [0.5, 0.6) is 17.2 Å². The number of rotatable bonds is 6. The van der Waals surface area contributed by atoms with Gasteiger partial charge < -0.3 is 24.1 Å². The number of benzene rings is 2. The number of amides is 1. The van der Waals surface area contributed by atoms with E-state index in [4.69, 9.17) is 18.7 Å². The number of nitrogens with one attached hydrogen (secondary N) is 1. The van der Waals surface area contributed by atoms with Gasteiger partial charge in [-0.15, -0.1) is 0 Å². The number of carbonyl (C=O) groups excluding carboxylic acids is 1. The molecule has 1 heterocycles. The molecular weight excluding hydrogens is 336 g/mol. The summed E-state index contributed by atoms with van der Waals surface area (Å²) in [6, 6.07) is 14.0. The van der Waals surface area contributed by atoms with E-state index in [1.165, 1.54) is 7.11 Å². The van der Waals surface area contributed by atoms with Crippen molar-refractivity contribution in [2.75, 3.05) is 26.6 Å². The molecule has 134 valence electrons. The smallest absolute Gasteiger partial charge is 0.277 e. The third kappa shape index (κ3) is 3.46. The maximum Gasteiger partial charge on any atom is 0.277 e. The number of nitrogens with zero attached hydrogens (tertiary/aromatic N) is 1. The lowest BCUT2D eigenvalue weighted by molar-refractivity contribution is 0.101. The summed E-state index contributed by atoms with van der Waals surface area (Å²) in [5.41, 5.74) is 1.35. The van der Waals surface area contributed by atoms with Gasteiger partial charge in [0, 0.05) is 12.1 Å². The quantitative estimate of drug-likeness (QED) is 0.728. The molecule has 0 saturated carbocycles. The molecule has 0 aliphatic rings. The van der Waals surface area contributed by atoms with E-state index in [-0.39, 0.29) is 5.69 Å². The van der Waals surface area contributed by atoms with Crippen molar-refractivity contribution in [2.45, 2.75) is 0 Å². The first-order valence-corrected chi connectivity index (χ1v) is 7.79. The van der Waals surface area contributed by atoms with Gasteiger partial charge in [-0.3, -0.25) is 4.79 Å². The van der Waals surface area contributed by atoms with Gasteiger partial charge in [-0.1, -0.05) is 17.3 Å². The molecule has 26 heavy (non-hydrogen) atoms. The molecule has 0 fully saturated rings. The lowest BCUT2D eigenvalue weighted by atomic mass is 10.1. The normalized spacial score (nSPS) is 10.3. The first-order chi connectivity index (χ1) is 12.7. The molecule has 7 nitrogen and oxygen atoms in total. The lowest BCUT2D eigenvalue weighted by Crippen LogP contribution is -2.13. The van der Waals surface area contributed by atoms with Gasteiger partial charge in [0.15, 0.2) is 11.5 Å². The molecule has 3 aromatic rings. The molecule has 1 aromatic heterocycles. The van der Waals surface area contributed by atoms with Gasteiger partial charge in [-0.05, 0) is 24.3 Å². The number of methoxy groups -OCH3 is 3. The average Bonchev–Trinajstić information content (AvgIpc) is 3.18. The molecule has 0 aliphatic carbocycles. The van der Waals surface area contributed by atoms with Crippen LogP contribution in [-0.2, 0) is 0 Å². The molecule has 0 atom stereocenters. The second-order valence-corrected chi connectivity index (χ2v) is 5.30. The molecule has 3 rings (SSSR count). The minimum atomic E-state index is -0.418. The molecule has 1 N–H and O–H groups in total. The van der Waals surface area contributed by atoms with E-state index in [2.05, 4.69) is 10.5 Å². The highest BCUT2D eigenvalue weighted by atomic mass is 16.5. The van der Waals surface area contributed by atoms with Crippen LogP contribution in [0.25, 0.3) is 11.3 Å². The summed E-state index contributed by atoms with van der Waals surface area (Å²) < 4.78 is 21.0. The van der Waals surface area contributed by atoms with E-state index in [1.807, 2.05) is 18.2 Å². The van der Waals surface area contributed by atoms with E-state index in [0.29, 0.717) is 34.3 Å². The minimum absolute atomic E-state index is 0.142. The Morgan fingerprint density at radius 3 is 2.46 bits per heavy atom. The number of carbonyl (C=O) groups is 1. The average molecular weight is 354 g/mol. The number of aromatic nitrogens is 1. The highest BCUT2D eigenvalue weighted by molar-refractivity contribution is 6.04. The van der Waals surface area contributed by atoms with Crippen molar-refractivity contribution in [3.05, 3.63) is 54.2 Å². The van der Waals surface area contributed by atoms with Crippen molar-refractivity contribution < 1.29 is 23.5 Å². The van der Waals surface area contributed by atoms with Gasteiger partial charge in [-0.25, -0.2) is 0 Å². The molecule has 0 radical (unpaired) electrons. The zero-order valence-electron chi connectivity index (χ0n) is 14.6. The fourth-order valence-electron chi connectivity index (χ4n) is 2.45. The Morgan fingerprint density at radius 2 is 1.73 bits per heavy atom. The number of ether oxygens (including phenoxy) is 3. The molecule has 2 aromatic carbocycles. The number of hydrogen-bond acceptors (Lipinski definition) is 6. The zero-order chi connectivity index (χ0) is 18.5. The van der Waals surface area contributed by atoms with Crippen molar-refractivity contribution in [1.29, 1.82) is 0 Å². The third-order valence-corrected chi connectivity index (χ3v) is 3.77. The van der Waals surface area contributed by atoms with E-state index < -0.39 is 5.91 Å². The summed E-state index contributed by atoms with van der Waals surface area (Å²) in [4.78, 5) is 12.5. The fraction of sp³-hybridized carbons (Fsp3) is 0.158. The fourth-order valence-corrected chi connectivity index (χ4v) is 2.45. The highest BCUT2D eigenvalue weighted by Gasteiger charge is 2.17. The summed E-state index contributed by atoms with van der Waals surface area (Å²) in [6.45, 7) is 0. The van der Waals surface area contributed by atoms with Crippen molar-refractivity contribution in [1.82, 2.24) is 5.16 Å². The summed E-state index contributed by atoms with van der Waals surface area (Å²) in [7, 11) is 4.64. The van der Waals surface area contributed by atoms with Crippen LogP contribution in [0.2, 0.25) is 0 Å². The largest absolute Gasteiger partial charge is 0.497 e. The van der Waals surface area contributed by atoms with Crippen LogP contribution in [0.1, 0.15) is 10.5 Å². The van der Waals surface area contributed by atoms with Gasteiger partial charge >= 0.3 is 0 Å². The summed E-state index contributed by atoms with van der Waals surface area (Å²) >= 11 is 0. The second-order valence-electron chi connectivity index (χ2n) is 5.30. The topological polar surface area (TPSA) is 82.8 Å². The molecule has 1 amide bonds. The van der Waals surface area contributed by atoms with E-state index in [1.54, 1.807) is 44.6 Å². The van der Waals surface area contributed by atoms with Gasteiger partial charge in [0.25, 0.3) is 5.91 Å². The molecule has 0 unspecified atom stereocenters. The third-order valence-electron chi connectivity index (χ3n) is 3.77. The molecule has 7 heteroatoms. The summed E-state index contributed by atoms with van der Waals surface area (Å²) in [5, 5.41) is 6.59. The Labute approximate surface area is 150 Å². The van der Waals surface area contributed by atoms with E-state index in [9.17, 15) is 4.79 Å². The highest BCUT2D eigenvalue weighted by Crippen LogP contribution is 2.31. The summed E-state index contributed by atoms with van der Waals surface area (Å²) in [6.07, 6.45) is 0. The Balaban J connectivity index is 1.83. The summed E-state index contributed by atoms with van der Waals surface area (Å²) in [5.74, 6) is 1.76. The van der Waals surface area contributed by atoms with Gasteiger partial charge in [-0.2, -0.15) is 0 Å². The van der Waals surface area contributed by atoms with Crippen molar-refractivity contribution in [2.24, 2.45) is 0 Å². The van der Waals surface area contributed by atoms with Crippen LogP contribution in [-0.4, -0.2) is 32.4 Å². The van der Waals surface area contributed by atoms with Gasteiger partial charge in [0.1, 0.15) is 17.2 Å². The molecular formula is C19H18N2O5. The Hall–Kier alpha value is -3.48. The van der Waals surface area contributed by atoms with Crippen molar-refractivity contribution >= 4 is 11.6 Å². The zero-order valence-corrected chi connectivity index (χ0v) is 14.6. The molecule has 0 spiro atoms. The SMILES string of the molecule is COc1ccc(NC(=O)c2cc(-c3ccccc3OC)on2)c(OC)c1. The first kappa shape index (κ1) is 17.3. The Morgan fingerprint density at radius 1 is 0.962 bits per heavy atom. The van der Waals surface area contributed by atoms with Crippen LogP contribution >= 0.6 is 0 Å². The van der Waals surface area contributed by atoms with Crippen LogP contribution in [0.4, 0.5) is 5.69 Å². The van der Waals surface area contributed by atoms with Crippen LogP contribution < -0.4 is 19.5 Å².